The molecule has 0 radical (unpaired) electrons. The van der Waals surface area contributed by atoms with Crippen molar-refractivity contribution in [2.24, 2.45) is 5.73 Å². The minimum absolute atomic E-state index is 0.465. The van der Waals surface area contributed by atoms with Crippen molar-refractivity contribution in [1.82, 2.24) is 9.78 Å². The Kier molecular flexibility index (Phi) is 4.04. The summed E-state index contributed by atoms with van der Waals surface area (Å²) in [5.74, 6) is 0. The fourth-order valence-corrected chi connectivity index (χ4v) is 2.31. The van der Waals surface area contributed by atoms with E-state index in [2.05, 4.69) is 18.9 Å². The van der Waals surface area contributed by atoms with Crippen LogP contribution >= 0.6 is 11.6 Å². The van der Waals surface area contributed by atoms with Crippen molar-refractivity contribution in [3.8, 4) is 11.1 Å². The highest BCUT2D eigenvalue weighted by molar-refractivity contribution is 6.31. The highest BCUT2D eigenvalue weighted by Gasteiger charge is 2.09. The monoisotopic (exact) mass is 263 g/mol. The maximum absolute atomic E-state index is 6.19. The van der Waals surface area contributed by atoms with Crippen LogP contribution < -0.4 is 5.73 Å². The standard InChI is InChI=1S/C14H18ClN3/c1-3-6-18-10(2)13(9-17-18)11-4-5-12(8-16)14(15)7-11/h4-5,7,9H,3,6,8,16H2,1-2H3. The Labute approximate surface area is 113 Å². The zero-order valence-electron chi connectivity index (χ0n) is 10.8. The summed E-state index contributed by atoms with van der Waals surface area (Å²) in [6, 6.07) is 5.99. The Hall–Kier alpha value is -1.32. The summed E-state index contributed by atoms with van der Waals surface area (Å²) >= 11 is 6.19. The molecule has 0 bridgehead atoms. The van der Waals surface area contributed by atoms with E-state index < -0.39 is 0 Å². The molecule has 96 valence electrons. The van der Waals surface area contributed by atoms with E-state index >= 15 is 0 Å². The number of benzene rings is 1. The molecule has 0 saturated carbocycles. The summed E-state index contributed by atoms with van der Waals surface area (Å²) < 4.78 is 2.03. The Morgan fingerprint density at radius 3 is 2.78 bits per heavy atom. The molecule has 4 heteroatoms. The topological polar surface area (TPSA) is 43.8 Å². The first kappa shape index (κ1) is 13.1. The van der Waals surface area contributed by atoms with Gasteiger partial charge in [0.1, 0.15) is 0 Å². The number of aromatic nitrogens is 2. The third-order valence-electron chi connectivity index (χ3n) is 3.12. The van der Waals surface area contributed by atoms with Crippen molar-refractivity contribution in [3.63, 3.8) is 0 Å². The molecule has 0 aliphatic heterocycles. The molecular formula is C14H18ClN3. The molecule has 0 saturated heterocycles. The Morgan fingerprint density at radius 2 is 2.17 bits per heavy atom. The van der Waals surface area contributed by atoms with Crippen LogP contribution in [-0.2, 0) is 13.1 Å². The van der Waals surface area contributed by atoms with Crippen molar-refractivity contribution >= 4 is 11.6 Å². The van der Waals surface area contributed by atoms with Crippen LogP contribution in [0.5, 0.6) is 0 Å². The van der Waals surface area contributed by atoms with Gasteiger partial charge in [-0.15, -0.1) is 0 Å². The number of nitrogens with zero attached hydrogens (tertiary/aromatic N) is 2. The van der Waals surface area contributed by atoms with E-state index in [4.69, 9.17) is 17.3 Å². The summed E-state index contributed by atoms with van der Waals surface area (Å²) in [5.41, 5.74) is 9.99. The number of hydrogen-bond acceptors (Lipinski definition) is 2. The van der Waals surface area contributed by atoms with Gasteiger partial charge in [-0.2, -0.15) is 5.10 Å². The van der Waals surface area contributed by atoms with E-state index in [0.717, 1.165) is 34.7 Å². The van der Waals surface area contributed by atoms with Gasteiger partial charge >= 0.3 is 0 Å². The van der Waals surface area contributed by atoms with Gasteiger partial charge in [-0.1, -0.05) is 30.7 Å². The largest absolute Gasteiger partial charge is 0.326 e. The van der Waals surface area contributed by atoms with Crippen LogP contribution in [0.4, 0.5) is 0 Å². The number of hydrogen-bond donors (Lipinski definition) is 1. The van der Waals surface area contributed by atoms with Gasteiger partial charge < -0.3 is 5.73 Å². The molecule has 0 atom stereocenters. The summed E-state index contributed by atoms with van der Waals surface area (Å²) in [5, 5.41) is 5.12. The maximum atomic E-state index is 6.19. The van der Waals surface area contributed by atoms with Gasteiger partial charge in [-0.3, -0.25) is 4.68 Å². The lowest BCUT2D eigenvalue weighted by Gasteiger charge is -2.06. The van der Waals surface area contributed by atoms with Gasteiger partial charge in [0.2, 0.25) is 0 Å². The molecule has 0 unspecified atom stereocenters. The average Bonchev–Trinajstić information content (AvgIpc) is 2.72. The summed E-state index contributed by atoms with van der Waals surface area (Å²) in [7, 11) is 0. The first-order chi connectivity index (χ1) is 8.67. The van der Waals surface area contributed by atoms with Crippen molar-refractivity contribution in [2.45, 2.75) is 33.4 Å². The van der Waals surface area contributed by atoms with Crippen LogP contribution in [0.1, 0.15) is 24.6 Å². The molecule has 0 aliphatic carbocycles. The Morgan fingerprint density at radius 1 is 1.39 bits per heavy atom. The molecule has 0 spiro atoms. The van der Waals surface area contributed by atoms with Gasteiger partial charge in [0, 0.05) is 29.4 Å². The van der Waals surface area contributed by atoms with E-state index in [-0.39, 0.29) is 0 Å². The third-order valence-corrected chi connectivity index (χ3v) is 3.47. The minimum atomic E-state index is 0.465. The average molecular weight is 264 g/mol. The fourth-order valence-electron chi connectivity index (χ4n) is 2.05. The van der Waals surface area contributed by atoms with Crippen molar-refractivity contribution in [3.05, 3.63) is 40.7 Å². The van der Waals surface area contributed by atoms with Gasteiger partial charge in [0.25, 0.3) is 0 Å². The van der Waals surface area contributed by atoms with E-state index in [1.807, 2.05) is 29.1 Å². The first-order valence-electron chi connectivity index (χ1n) is 6.18. The minimum Gasteiger partial charge on any atom is -0.326 e. The van der Waals surface area contributed by atoms with Crippen LogP contribution in [0.15, 0.2) is 24.4 Å². The zero-order valence-corrected chi connectivity index (χ0v) is 11.5. The normalized spacial score (nSPS) is 10.9. The second-order valence-electron chi connectivity index (χ2n) is 4.38. The first-order valence-corrected chi connectivity index (χ1v) is 6.56. The number of nitrogens with two attached hydrogens (primary N) is 1. The van der Waals surface area contributed by atoms with Crippen molar-refractivity contribution in [2.75, 3.05) is 0 Å². The van der Waals surface area contributed by atoms with E-state index in [0.29, 0.717) is 6.54 Å². The SMILES string of the molecule is CCCn1ncc(-c2ccc(CN)c(Cl)c2)c1C. The van der Waals surface area contributed by atoms with Gasteiger partial charge in [-0.05, 0) is 30.5 Å². The number of rotatable bonds is 4. The van der Waals surface area contributed by atoms with Gasteiger partial charge in [0.05, 0.1) is 6.20 Å². The predicted octanol–water partition coefficient (Wildman–Crippen LogP) is 3.38. The third kappa shape index (κ3) is 2.42. The lowest BCUT2D eigenvalue weighted by molar-refractivity contribution is 0.587. The van der Waals surface area contributed by atoms with Crippen LogP contribution in [0.25, 0.3) is 11.1 Å². The molecule has 2 N–H and O–H groups in total. The predicted molar refractivity (Wildman–Crippen MR) is 75.6 cm³/mol. The van der Waals surface area contributed by atoms with Gasteiger partial charge in [-0.25, -0.2) is 0 Å². The Bertz CT molecular complexity index is 546. The lowest BCUT2D eigenvalue weighted by atomic mass is 10.0. The summed E-state index contributed by atoms with van der Waals surface area (Å²) in [6.45, 7) is 5.64. The molecular weight excluding hydrogens is 246 g/mol. The quantitative estimate of drug-likeness (QED) is 0.919. The molecule has 18 heavy (non-hydrogen) atoms. The highest BCUT2D eigenvalue weighted by Crippen LogP contribution is 2.27. The molecule has 2 aromatic rings. The zero-order chi connectivity index (χ0) is 13.1. The molecule has 3 nitrogen and oxygen atoms in total. The second kappa shape index (κ2) is 5.55. The van der Waals surface area contributed by atoms with Crippen LogP contribution in [0.2, 0.25) is 5.02 Å². The molecule has 1 aromatic carbocycles. The maximum Gasteiger partial charge on any atom is 0.0571 e. The molecule has 2 rings (SSSR count). The second-order valence-corrected chi connectivity index (χ2v) is 4.78. The summed E-state index contributed by atoms with van der Waals surface area (Å²) in [4.78, 5) is 0. The molecule has 1 aromatic heterocycles. The number of halogens is 1. The molecule has 0 aliphatic rings. The van der Waals surface area contributed by atoms with Crippen molar-refractivity contribution in [1.29, 1.82) is 0 Å². The van der Waals surface area contributed by atoms with Crippen LogP contribution in [0.3, 0.4) is 0 Å². The van der Waals surface area contributed by atoms with Crippen LogP contribution in [0, 0.1) is 6.92 Å². The lowest BCUT2D eigenvalue weighted by Crippen LogP contribution is -2.01. The fraction of sp³-hybridized carbons (Fsp3) is 0.357. The molecule has 0 amide bonds. The Balaban J connectivity index is 2.39. The highest BCUT2D eigenvalue weighted by atomic mass is 35.5. The molecule has 0 fully saturated rings. The van der Waals surface area contributed by atoms with Crippen molar-refractivity contribution < 1.29 is 0 Å². The number of aryl methyl sites for hydroxylation is 1. The summed E-state index contributed by atoms with van der Waals surface area (Å²) in [6.07, 6.45) is 2.98. The van der Waals surface area contributed by atoms with Crippen LogP contribution in [-0.4, -0.2) is 9.78 Å². The van der Waals surface area contributed by atoms with E-state index in [1.54, 1.807) is 0 Å². The molecule has 1 heterocycles. The van der Waals surface area contributed by atoms with E-state index in [1.165, 1.54) is 5.69 Å². The van der Waals surface area contributed by atoms with E-state index in [9.17, 15) is 0 Å². The van der Waals surface area contributed by atoms with Gasteiger partial charge in [0.15, 0.2) is 0 Å². The smallest absolute Gasteiger partial charge is 0.0571 e.